The zero-order chi connectivity index (χ0) is 28.3. The Labute approximate surface area is 240 Å². The highest BCUT2D eigenvalue weighted by Gasteiger charge is 2.21. The standard InChI is InChI=1S/C24H32N2O.C6H12O.C2H6.H3PS/c1-3-22(25)6-4-5-18-9-12-21-16-23(14-13-20(21)15-18)26-24(27)19-10-7-17(2)8-11-19;1-2-6-4-3-5-7-6;2*1-2/h7-12,15,22-23H,3-6,13-14,16,25H2,1-2H3,(H,26,27);6H,2-5H2,1H3;1-2H3;2H,1H2. The fraction of sp³-hybridized carbons (Fsp3) is 0.594. The van der Waals surface area contributed by atoms with Crippen LogP contribution in [0.5, 0.6) is 0 Å². The van der Waals surface area contributed by atoms with E-state index in [2.05, 4.69) is 58.1 Å². The molecule has 0 radical (unpaired) electrons. The fourth-order valence-corrected chi connectivity index (χ4v) is 4.80. The lowest BCUT2D eigenvalue weighted by Gasteiger charge is -2.26. The topological polar surface area (TPSA) is 64.3 Å². The molecule has 1 fully saturated rings. The molecule has 1 aliphatic carbocycles. The van der Waals surface area contributed by atoms with E-state index in [1.807, 2.05) is 45.0 Å². The first kappa shape index (κ1) is 34.6. The summed E-state index contributed by atoms with van der Waals surface area (Å²) in [6, 6.07) is 15.2. The van der Waals surface area contributed by atoms with E-state index in [4.69, 9.17) is 10.5 Å². The Morgan fingerprint density at radius 2 is 1.82 bits per heavy atom. The number of hydrogen-bond acceptors (Lipinski definition) is 4. The van der Waals surface area contributed by atoms with Crippen LogP contribution >= 0.6 is 20.7 Å². The first-order valence-corrected chi connectivity index (χ1v) is 16.7. The summed E-state index contributed by atoms with van der Waals surface area (Å²) in [7, 11) is 2.11. The number of carbonyl (C=O) groups is 1. The number of aryl methyl sites for hydroxylation is 3. The second-order valence-corrected chi connectivity index (χ2v) is 9.99. The summed E-state index contributed by atoms with van der Waals surface area (Å²) in [4.78, 5) is 12.5. The first-order chi connectivity index (χ1) is 18.5. The smallest absolute Gasteiger partial charge is 0.251 e. The zero-order valence-corrected chi connectivity index (χ0v) is 26.5. The summed E-state index contributed by atoms with van der Waals surface area (Å²) in [5.74, 6) is 0.0346. The van der Waals surface area contributed by atoms with Crippen molar-refractivity contribution in [2.75, 3.05) is 6.61 Å². The van der Waals surface area contributed by atoms with E-state index in [1.165, 1.54) is 41.5 Å². The van der Waals surface area contributed by atoms with Gasteiger partial charge in [0.25, 0.3) is 5.91 Å². The number of rotatable bonds is 8. The van der Waals surface area contributed by atoms with Crippen LogP contribution in [0.3, 0.4) is 0 Å². The Morgan fingerprint density at radius 1 is 1.11 bits per heavy atom. The molecule has 6 heteroatoms. The molecule has 214 valence electrons. The summed E-state index contributed by atoms with van der Waals surface area (Å²) in [6.07, 6.45) is 11.7. The minimum atomic E-state index is 0.0346. The number of hydrogen-bond donors (Lipinski definition) is 3. The molecule has 2 aliphatic rings. The largest absolute Gasteiger partial charge is 0.378 e. The van der Waals surface area contributed by atoms with Crippen molar-refractivity contribution in [1.82, 2.24) is 5.32 Å². The van der Waals surface area contributed by atoms with Gasteiger partial charge in [-0.3, -0.25) is 4.79 Å². The van der Waals surface area contributed by atoms with E-state index in [1.54, 1.807) is 0 Å². The number of amides is 1. The average molecular weight is 561 g/mol. The van der Waals surface area contributed by atoms with Crippen molar-refractivity contribution in [3.63, 3.8) is 0 Å². The summed E-state index contributed by atoms with van der Waals surface area (Å²) in [5.41, 5.74) is 12.2. The predicted octanol–water partition coefficient (Wildman–Crippen LogP) is 7.65. The van der Waals surface area contributed by atoms with Crippen molar-refractivity contribution in [2.24, 2.45) is 5.73 Å². The van der Waals surface area contributed by atoms with Crippen molar-refractivity contribution in [3.8, 4) is 0 Å². The van der Waals surface area contributed by atoms with Gasteiger partial charge in [0.15, 0.2) is 0 Å². The van der Waals surface area contributed by atoms with Crippen LogP contribution < -0.4 is 11.1 Å². The average Bonchev–Trinajstić information content (AvgIpc) is 3.50. The molecule has 3 N–H and O–H groups in total. The van der Waals surface area contributed by atoms with Crippen molar-refractivity contribution in [1.29, 1.82) is 0 Å². The number of thiol groups is 1. The summed E-state index contributed by atoms with van der Waals surface area (Å²) >= 11 is 3.44. The normalized spacial score (nSPS) is 18.3. The lowest BCUT2D eigenvalue weighted by atomic mass is 9.86. The molecule has 38 heavy (non-hydrogen) atoms. The molecule has 4 unspecified atom stereocenters. The Morgan fingerprint density at radius 3 is 2.39 bits per heavy atom. The van der Waals surface area contributed by atoms with Crippen molar-refractivity contribution in [3.05, 3.63) is 70.3 Å². The maximum Gasteiger partial charge on any atom is 0.251 e. The van der Waals surface area contributed by atoms with Crippen LogP contribution in [-0.2, 0) is 24.0 Å². The zero-order valence-electron chi connectivity index (χ0n) is 24.5. The summed E-state index contributed by atoms with van der Waals surface area (Å²) in [6.45, 7) is 11.4. The van der Waals surface area contributed by atoms with E-state index < -0.39 is 0 Å². The molecule has 0 spiro atoms. The quantitative estimate of drug-likeness (QED) is 0.230. The van der Waals surface area contributed by atoms with E-state index in [0.29, 0.717) is 12.1 Å². The van der Waals surface area contributed by atoms with Gasteiger partial charge in [-0.25, -0.2) is 0 Å². The van der Waals surface area contributed by atoms with Crippen LogP contribution in [0.2, 0.25) is 0 Å². The van der Waals surface area contributed by atoms with Gasteiger partial charge in [0.1, 0.15) is 0 Å². The predicted molar refractivity (Wildman–Crippen MR) is 171 cm³/mol. The molecule has 1 saturated heterocycles. The Hall–Kier alpha value is -1.39. The number of nitrogens with one attached hydrogen (secondary N) is 1. The van der Waals surface area contributed by atoms with Crippen LogP contribution in [0.15, 0.2) is 42.5 Å². The van der Waals surface area contributed by atoms with E-state index in [9.17, 15) is 4.79 Å². The van der Waals surface area contributed by atoms with E-state index in [-0.39, 0.29) is 11.9 Å². The van der Waals surface area contributed by atoms with Crippen LogP contribution in [0.25, 0.3) is 0 Å². The van der Waals surface area contributed by atoms with Crippen LogP contribution in [0.4, 0.5) is 0 Å². The van der Waals surface area contributed by atoms with Crippen LogP contribution in [0.1, 0.15) is 105 Å². The minimum absolute atomic E-state index is 0.0346. The number of fused-ring (bicyclic) bond motifs is 1. The van der Waals surface area contributed by atoms with Crippen molar-refractivity contribution < 1.29 is 9.53 Å². The lowest BCUT2D eigenvalue weighted by Crippen LogP contribution is -2.38. The third kappa shape index (κ3) is 12.6. The molecule has 4 rings (SSSR count). The van der Waals surface area contributed by atoms with Gasteiger partial charge in [0, 0.05) is 24.3 Å². The van der Waals surface area contributed by atoms with Crippen LogP contribution in [-0.4, -0.2) is 30.7 Å². The van der Waals surface area contributed by atoms with E-state index in [0.717, 1.165) is 57.1 Å². The molecular weight excluding hydrogens is 507 g/mol. The molecule has 1 amide bonds. The summed E-state index contributed by atoms with van der Waals surface area (Å²) < 4.78 is 5.30. The Bertz CT molecular complexity index is 901. The monoisotopic (exact) mass is 560 g/mol. The lowest BCUT2D eigenvalue weighted by molar-refractivity contribution is 0.0933. The van der Waals surface area contributed by atoms with Gasteiger partial charge in [-0.2, -0.15) is 12.2 Å². The fourth-order valence-electron chi connectivity index (χ4n) is 4.80. The second kappa shape index (κ2) is 20.5. The maximum atomic E-state index is 12.5. The highest BCUT2D eigenvalue weighted by atomic mass is 32.7. The number of benzene rings is 2. The van der Waals surface area contributed by atoms with Gasteiger partial charge in [-0.15, -0.1) is 0 Å². The highest BCUT2D eigenvalue weighted by Crippen LogP contribution is 2.24. The first-order valence-electron chi connectivity index (χ1n) is 14.6. The molecule has 4 nitrogen and oxygen atoms in total. The van der Waals surface area contributed by atoms with Crippen molar-refractivity contribution in [2.45, 2.75) is 117 Å². The summed E-state index contributed by atoms with van der Waals surface area (Å²) in [5, 5.41) is 3.21. The SMILES string of the molecule is CC.CCC(N)CCCc1ccc2c(c1)CCC(NC(=O)c1ccc(C)cc1)C2.CCC1CCCO1.PS. The van der Waals surface area contributed by atoms with Crippen LogP contribution in [0, 0.1) is 6.92 Å². The highest BCUT2D eigenvalue weighted by molar-refractivity contribution is 8.31. The third-order valence-electron chi connectivity index (χ3n) is 7.19. The minimum Gasteiger partial charge on any atom is -0.378 e. The number of carbonyl (C=O) groups excluding carboxylic acids is 1. The van der Waals surface area contributed by atoms with Gasteiger partial charge >= 0.3 is 0 Å². The molecule has 0 saturated carbocycles. The van der Waals surface area contributed by atoms with Gasteiger partial charge in [-0.1, -0.05) is 72.0 Å². The molecule has 0 bridgehead atoms. The Balaban J connectivity index is 0.000000554. The molecule has 2 aromatic rings. The van der Waals surface area contributed by atoms with Crippen molar-refractivity contribution >= 4 is 26.6 Å². The second-order valence-electron chi connectivity index (χ2n) is 9.99. The molecule has 1 heterocycles. The number of nitrogens with two attached hydrogens (primary N) is 1. The van der Waals surface area contributed by atoms with Gasteiger partial charge < -0.3 is 15.8 Å². The molecule has 4 atom stereocenters. The van der Waals surface area contributed by atoms with Gasteiger partial charge in [-0.05, 0) is 100.0 Å². The maximum absolute atomic E-state index is 12.5. The van der Waals surface area contributed by atoms with Gasteiger partial charge in [0.2, 0.25) is 0 Å². The molecular formula is C32H53N2O2PS. The molecule has 0 aromatic heterocycles. The number of ether oxygens (including phenoxy) is 1. The molecule has 2 aromatic carbocycles. The Kier molecular flexibility index (Phi) is 18.7. The molecule has 1 aliphatic heterocycles. The van der Waals surface area contributed by atoms with E-state index >= 15 is 0 Å². The van der Waals surface area contributed by atoms with Gasteiger partial charge in [0.05, 0.1) is 6.10 Å². The third-order valence-corrected chi connectivity index (χ3v) is 7.19.